The number of carbonyl (C=O) groups excluding carboxylic acids is 2. The highest BCUT2D eigenvalue weighted by Gasteiger charge is 2.16. The molecule has 1 rings (SSSR count). The molecule has 120 valence electrons. The number of amides is 3. The molecule has 0 aliphatic carbocycles. The van der Waals surface area contributed by atoms with Crippen LogP contribution in [0.2, 0.25) is 0 Å². The molecule has 0 radical (unpaired) electrons. The van der Waals surface area contributed by atoms with Gasteiger partial charge in [-0.05, 0) is 25.8 Å². The van der Waals surface area contributed by atoms with Gasteiger partial charge in [0.25, 0.3) is 0 Å². The second-order valence-electron chi connectivity index (χ2n) is 5.21. The molecule has 0 aliphatic rings. The number of carbonyl (C=O) groups is 2. The number of urea groups is 1. The summed E-state index contributed by atoms with van der Waals surface area (Å²) in [4.78, 5) is 23.5. The van der Waals surface area contributed by atoms with Crippen LogP contribution in [0.25, 0.3) is 6.08 Å². The molecule has 0 bridgehead atoms. The van der Waals surface area contributed by atoms with Gasteiger partial charge in [0.15, 0.2) is 0 Å². The number of hydrogen-bond donors (Lipinski definition) is 3. The van der Waals surface area contributed by atoms with E-state index in [-0.39, 0.29) is 18.0 Å². The van der Waals surface area contributed by atoms with Crippen LogP contribution in [-0.2, 0) is 4.79 Å². The Kier molecular flexibility index (Phi) is 7.75. The van der Waals surface area contributed by atoms with Crippen molar-refractivity contribution in [2.75, 3.05) is 6.54 Å². The first-order valence-corrected chi connectivity index (χ1v) is 7.59. The Morgan fingerprint density at radius 1 is 1.14 bits per heavy atom. The van der Waals surface area contributed by atoms with E-state index in [1.54, 1.807) is 6.92 Å². The zero-order valence-corrected chi connectivity index (χ0v) is 13.4. The van der Waals surface area contributed by atoms with Crippen molar-refractivity contribution in [3.05, 3.63) is 42.0 Å². The van der Waals surface area contributed by atoms with Crippen LogP contribution in [0, 0.1) is 0 Å². The first kappa shape index (κ1) is 17.8. The molecule has 0 fully saturated rings. The number of nitrogens with one attached hydrogen (secondary N) is 3. The second-order valence-corrected chi connectivity index (χ2v) is 5.21. The maximum Gasteiger partial charge on any atom is 0.315 e. The molecule has 3 amide bonds. The largest absolute Gasteiger partial charge is 0.352 e. The van der Waals surface area contributed by atoms with E-state index < -0.39 is 6.04 Å². The molecule has 22 heavy (non-hydrogen) atoms. The van der Waals surface area contributed by atoms with E-state index >= 15 is 0 Å². The Hall–Kier alpha value is -2.30. The van der Waals surface area contributed by atoms with Crippen LogP contribution >= 0.6 is 0 Å². The molecule has 5 heteroatoms. The van der Waals surface area contributed by atoms with Crippen LogP contribution in [-0.4, -0.2) is 30.6 Å². The van der Waals surface area contributed by atoms with E-state index in [1.807, 2.05) is 56.3 Å². The van der Waals surface area contributed by atoms with Gasteiger partial charge < -0.3 is 16.0 Å². The van der Waals surface area contributed by atoms with Crippen molar-refractivity contribution in [1.29, 1.82) is 0 Å². The summed E-state index contributed by atoms with van der Waals surface area (Å²) in [6.07, 6.45) is 4.65. The summed E-state index contributed by atoms with van der Waals surface area (Å²) in [5.41, 5.74) is 1.08. The minimum Gasteiger partial charge on any atom is -0.352 e. The van der Waals surface area contributed by atoms with Crippen LogP contribution in [0.5, 0.6) is 0 Å². The van der Waals surface area contributed by atoms with Crippen LogP contribution in [0.15, 0.2) is 36.4 Å². The van der Waals surface area contributed by atoms with E-state index in [1.165, 1.54) is 0 Å². The van der Waals surface area contributed by atoms with Crippen molar-refractivity contribution in [2.24, 2.45) is 0 Å². The fourth-order valence-electron chi connectivity index (χ4n) is 1.69. The average Bonchev–Trinajstić information content (AvgIpc) is 2.52. The minimum atomic E-state index is -0.563. The second kappa shape index (κ2) is 9.60. The fourth-order valence-corrected chi connectivity index (χ4v) is 1.69. The molecule has 0 spiro atoms. The van der Waals surface area contributed by atoms with Gasteiger partial charge in [-0.3, -0.25) is 4.79 Å². The van der Waals surface area contributed by atoms with Gasteiger partial charge in [-0.25, -0.2) is 4.79 Å². The summed E-state index contributed by atoms with van der Waals surface area (Å²) < 4.78 is 0. The summed E-state index contributed by atoms with van der Waals surface area (Å²) >= 11 is 0. The van der Waals surface area contributed by atoms with Gasteiger partial charge in [-0.2, -0.15) is 0 Å². The van der Waals surface area contributed by atoms with Gasteiger partial charge >= 0.3 is 6.03 Å². The Morgan fingerprint density at radius 3 is 2.45 bits per heavy atom. The summed E-state index contributed by atoms with van der Waals surface area (Å²) in [6.45, 7) is 5.99. The highest BCUT2D eigenvalue weighted by atomic mass is 16.2. The average molecular weight is 303 g/mol. The zero-order chi connectivity index (χ0) is 16.4. The van der Waals surface area contributed by atoms with Gasteiger partial charge in [0, 0.05) is 12.6 Å². The molecule has 1 aromatic rings. The third-order valence-electron chi connectivity index (χ3n) is 3.23. The minimum absolute atomic E-state index is 0.105. The van der Waals surface area contributed by atoms with E-state index in [4.69, 9.17) is 0 Å². The van der Waals surface area contributed by atoms with Crippen molar-refractivity contribution >= 4 is 18.0 Å². The molecule has 0 aliphatic heterocycles. The lowest BCUT2D eigenvalue weighted by Gasteiger charge is -2.17. The summed E-state index contributed by atoms with van der Waals surface area (Å²) in [5, 5.41) is 8.13. The standard InChI is InChI=1S/C17H25N3O2/c1-4-13(2)19-16(21)14(3)20-17(22)18-12-8-11-15-9-6-5-7-10-15/h5-11,13-14H,4,12H2,1-3H3,(H,19,21)(H2,18,20,22)/b11-8+/t13-,14+/m0/s1. The quantitative estimate of drug-likeness (QED) is 0.723. The molecule has 0 aromatic heterocycles. The lowest BCUT2D eigenvalue weighted by atomic mass is 10.2. The highest BCUT2D eigenvalue weighted by molar-refractivity contribution is 5.86. The van der Waals surface area contributed by atoms with E-state index in [2.05, 4.69) is 16.0 Å². The van der Waals surface area contributed by atoms with Gasteiger partial charge in [0.2, 0.25) is 5.91 Å². The van der Waals surface area contributed by atoms with Crippen molar-refractivity contribution in [3.63, 3.8) is 0 Å². The van der Waals surface area contributed by atoms with Crippen molar-refractivity contribution in [2.45, 2.75) is 39.3 Å². The monoisotopic (exact) mass is 303 g/mol. The Bertz CT molecular complexity index is 500. The first-order valence-electron chi connectivity index (χ1n) is 7.59. The molecule has 0 heterocycles. The van der Waals surface area contributed by atoms with Crippen LogP contribution in [0.4, 0.5) is 4.79 Å². The Labute approximate surface area is 132 Å². The maximum absolute atomic E-state index is 11.8. The summed E-state index contributed by atoms with van der Waals surface area (Å²) in [5.74, 6) is -0.177. The van der Waals surface area contributed by atoms with E-state index in [0.717, 1.165) is 12.0 Å². The van der Waals surface area contributed by atoms with Crippen molar-refractivity contribution < 1.29 is 9.59 Å². The zero-order valence-electron chi connectivity index (χ0n) is 13.4. The lowest BCUT2D eigenvalue weighted by Crippen LogP contribution is -2.50. The molecule has 0 unspecified atom stereocenters. The normalized spacial score (nSPS) is 13.4. The Morgan fingerprint density at radius 2 is 1.82 bits per heavy atom. The topological polar surface area (TPSA) is 70.2 Å². The molecule has 3 N–H and O–H groups in total. The molecule has 0 saturated heterocycles. The number of rotatable bonds is 7. The fraction of sp³-hybridized carbons (Fsp3) is 0.412. The van der Waals surface area contributed by atoms with Gasteiger partial charge in [0.05, 0.1) is 0 Å². The number of benzene rings is 1. The molecular weight excluding hydrogens is 278 g/mol. The van der Waals surface area contributed by atoms with Gasteiger partial charge in [-0.15, -0.1) is 0 Å². The Balaban J connectivity index is 2.28. The van der Waals surface area contributed by atoms with Crippen LogP contribution in [0.3, 0.4) is 0 Å². The van der Waals surface area contributed by atoms with E-state index in [0.29, 0.717) is 6.54 Å². The molecule has 2 atom stereocenters. The van der Waals surface area contributed by atoms with Gasteiger partial charge in [0.1, 0.15) is 6.04 Å². The predicted octanol–water partition coefficient (Wildman–Crippen LogP) is 2.30. The highest BCUT2D eigenvalue weighted by Crippen LogP contribution is 1.99. The van der Waals surface area contributed by atoms with Crippen molar-refractivity contribution in [1.82, 2.24) is 16.0 Å². The van der Waals surface area contributed by atoms with Crippen LogP contribution < -0.4 is 16.0 Å². The smallest absolute Gasteiger partial charge is 0.315 e. The predicted molar refractivity (Wildman–Crippen MR) is 89.4 cm³/mol. The molecule has 1 aromatic carbocycles. The third kappa shape index (κ3) is 6.92. The SMILES string of the molecule is CC[C@H](C)NC(=O)[C@@H](C)NC(=O)NC/C=C/c1ccccc1. The molecular formula is C17H25N3O2. The molecule has 5 nitrogen and oxygen atoms in total. The van der Waals surface area contributed by atoms with Crippen LogP contribution in [0.1, 0.15) is 32.8 Å². The summed E-state index contributed by atoms with van der Waals surface area (Å²) in [7, 11) is 0. The van der Waals surface area contributed by atoms with Crippen molar-refractivity contribution in [3.8, 4) is 0 Å². The summed E-state index contributed by atoms with van der Waals surface area (Å²) in [6, 6.07) is 9.02. The lowest BCUT2D eigenvalue weighted by molar-refractivity contribution is -0.123. The maximum atomic E-state index is 11.8. The van der Waals surface area contributed by atoms with E-state index in [9.17, 15) is 9.59 Å². The number of hydrogen-bond acceptors (Lipinski definition) is 2. The third-order valence-corrected chi connectivity index (χ3v) is 3.23. The van der Waals surface area contributed by atoms with Gasteiger partial charge in [-0.1, -0.05) is 49.4 Å². The first-order chi connectivity index (χ1) is 10.5. The molecule has 0 saturated carbocycles.